The number of nitrogen functional groups attached to an aromatic ring is 1. The number of rotatable bonds is 11. The molecular formula is C34H24N8O15S4. The van der Waals surface area contributed by atoms with E-state index in [2.05, 4.69) is 30.9 Å². The summed E-state index contributed by atoms with van der Waals surface area (Å²) in [6.07, 6.45) is 7.37. The molecule has 6 aromatic rings. The summed E-state index contributed by atoms with van der Waals surface area (Å²) in [6, 6.07) is 11.8. The van der Waals surface area contributed by atoms with E-state index in [0.29, 0.717) is 24.3 Å². The highest BCUT2D eigenvalue weighted by Gasteiger charge is 2.34. The average molecular weight is 913 g/mol. The van der Waals surface area contributed by atoms with Crippen molar-refractivity contribution in [2.24, 2.45) is 7.05 Å². The zero-order chi connectivity index (χ0) is 44.6. The number of carbonyl (C=O) groups excluding carboxylic acids is 1. The number of nitrogens with one attached hydrogen (secondary N) is 3. The predicted octanol–water partition coefficient (Wildman–Crippen LogP) is 2.70. The van der Waals surface area contributed by atoms with E-state index in [9.17, 15) is 61.5 Å². The van der Waals surface area contributed by atoms with Gasteiger partial charge in [-0.2, -0.15) is 48.6 Å². The smallest absolute Gasteiger partial charge is 0.296 e. The second kappa shape index (κ2) is 14.6. The molecule has 0 spiro atoms. The first-order valence-corrected chi connectivity index (χ1v) is 22.2. The van der Waals surface area contributed by atoms with Crippen LogP contribution < -0.4 is 32.0 Å². The molecule has 0 atom stereocenters. The van der Waals surface area contributed by atoms with Crippen LogP contribution in [0.2, 0.25) is 0 Å². The first-order chi connectivity index (χ1) is 28.4. The Morgan fingerprint density at radius 3 is 1.77 bits per heavy atom. The molecule has 1 aliphatic carbocycles. The Morgan fingerprint density at radius 1 is 0.656 bits per heavy atom. The monoisotopic (exact) mass is 912 g/mol. The number of nitrogens with zero attached hydrogens (tertiary/aromatic N) is 4. The molecule has 0 bridgehead atoms. The van der Waals surface area contributed by atoms with E-state index < -0.39 is 106 Å². The zero-order valence-electron chi connectivity index (χ0n) is 30.2. The third kappa shape index (κ3) is 7.78. The van der Waals surface area contributed by atoms with Gasteiger partial charge in [0.15, 0.2) is 5.78 Å². The third-order valence-electron chi connectivity index (χ3n) is 8.93. The maximum atomic E-state index is 14.3. The maximum absolute atomic E-state index is 14.3. The molecule has 2 aromatic heterocycles. The number of anilines is 7. The molecule has 27 heteroatoms. The van der Waals surface area contributed by atoms with Crippen LogP contribution in [0.1, 0.15) is 15.9 Å². The van der Waals surface area contributed by atoms with Crippen LogP contribution in [0.25, 0.3) is 22.0 Å². The van der Waals surface area contributed by atoms with Crippen molar-refractivity contribution in [3.63, 3.8) is 0 Å². The summed E-state index contributed by atoms with van der Waals surface area (Å²) in [7, 11) is -19.4. The van der Waals surface area contributed by atoms with Crippen molar-refractivity contribution in [2.45, 2.75) is 19.6 Å². The van der Waals surface area contributed by atoms with Gasteiger partial charge in [0.25, 0.3) is 46.0 Å². The Bertz CT molecular complexity index is 3520. The summed E-state index contributed by atoms with van der Waals surface area (Å²) >= 11 is 0. The number of ether oxygens (including phenoxy) is 1. The van der Waals surface area contributed by atoms with Gasteiger partial charge in [-0.05, 0) is 48.0 Å². The van der Waals surface area contributed by atoms with Gasteiger partial charge in [0.05, 0.1) is 38.7 Å². The average Bonchev–Trinajstić information content (AvgIpc) is 3.14. The van der Waals surface area contributed by atoms with Crippen LogP contribution in [-0.4, -0.2) is 77.2 Å². The molecule has 2 heterocycles. The lowest BCUT2D eigenvalue weighted by Gasteiger charge is -2.25. The van der Waals surface area contributed by atoms with Crippen LogP contribution >= 0.6 is 0 Å². The number of ketones is 1. The number of carbonyl (C=O) groups is 1. The number of benzene rings is 4. The van der Waals surface area contributed by atoms with Crippen molar-refractivity contribution in [1.82, 2.24) is 19.5 Å². The van der Waals surface area contributed by atoms with Gasteiger partial charge in [0.1, 0.15) is 20.8 Å². The topological polar surface area (TPSA) is 367 Å². The van der Waals surface area contributed by atoms with Crippen LogP contribution in [0, 0.1) is 12.5 Å². The summed E-state index contributed by atoms with van der Waals surface area (Å²) in [5, 5.41) is 7.51. The van der Waals surface area contributed by atoms with Crippen molar-refractivity contribution >= 4 is 97.8 Å². The molecule has 0 fully saturated rings. The molecule has 0 radical (unpaired) electrons. The van der Waals surface area contributed by atoms with Crippen LogP contribution in [0.3, 0.4) is 0 Å². The van der Waals surface area contributed by atoms with E-state index in [1.165, 1.54) is 25.2 Å². The largest absolute Gasteiger partial charge is 0.401 e. The maximum Gasteiger partial charge on any atom is 0.296 e. The van der Waals surface area contributed by atoms with Crippen molar-refractivity contribution in [2.75, 3.05) is 21.7 Å². The summed E-state index contributed by atoms with van der Waals surface area (Å²) in [5.41, 5.74) is 3.44. The minimum Gasteiger partial charge on any atom is -0.401 e. The molecule has 4 aromatic carbocycles. The fourth-order valence-electron chi connectivity index (χ4n) is 6.46. The van der Waals surface area contributed by atoms with Gasteiger partial charge < -0.3 is 31.0 Å². The van der Waals surface area contributed by atoms with Gasteiger partial charge in [-0.3, -0.25) is 27.8 Å². The van der Waals surface area contributed by atoms with Crippen molar-refractivity contribution < 1.29 is 61.4 Å². The third-order valence-corrected chi connectivity index (χ3v) is 12.5. The first kappa shape index (κ1) is 42.1. The highest BCUT2D eigenvalue weighted by atomic mass is 32.2. The number of aryl methyl sites for hydroxylation is 1. The van der Waals surface area contributed by atoms with E-state index >= 15 is 0 Å². The lowest BCUT2D eigenvalue weighted by atomic mass is 9.82. The molecule has 0 saturated heterocycles. The Morgan fingerprint density at radius 2 is 1.21 bits per heavy atom. The van der Waals surface area contributed by atoms with Gasteiger partial charge in [-0.25, -0.2) is 0 Å². The van der Waals surface area contributed by atoms with E-state index in [1.807, 2.05) is 6.11 Å². The number of aromatic nitrogens is 4. The highest BCUT2D eigenvalue weighted by molar-refractivity contribution is 7.87. The Hall–Kier alpha value is -7.03. The minimum absolute atomic E-state index is 0.0741. The van der Waals surface area contributed by atoms with Gasteiger partial charge in [0, 0.05) is 23.6 Å². The molecule has 0 saturated carbocycles. The number of fused-ring (bicyclic) bond motifs is 2. The molecule has 1 aliphatic rings. The Balaban J connectivity index is 1.41. The van der Waals surface area contributed by atoms with E-state index in [-0.39, 0.29) is 44.6 Å². The summed E-state index contributed by atoms with van der Waals surface area (Å²) < 4.78 is 145. The Labute approximate surface area is 343 Å². The molecule has 0 amide bonds. The standard InChI is InChI=1S/C34H24N8O15S4/c1-3-57-30-26-16-6-4-5-7-17(16)29(43)27-18(9-10-22(28(26)27)42(2)31(30)44)36-20-13-21(25(61(54,55)56)14-24(20)60(51,52)53)38-34-40-32(35)39-33(41-34)37-19-12-15(58(45,46)47)8-11-23(19)59(48,49)50/h1,4-14,36H,2H3,(H,45,46,47)(H,48,49,50)(H,51,52,53)(H,54,55,56)(H4,35,37,38,39,40,41). The summed E-state index contributed by atoms with van der Waals surface area (Å²) in [5.74, 6) is -3.02. The summed E-state index contributed by atoms with van der Waals surface area (Å²) in [6.45, 7) is 0. The molecule has 314 valence electrons. The van der Waals surface area contributed by atoms with Crippen molar-refractivity contribution in [3.8, 4) is 29.4 Å². The molecule has 23 nitrogen and oxygen atoms in total. The lowest BCUT2D eigenvalue weighted by Crippen LogP contribution is -2.23. The number of pyridine rings is 1. The van der Waals surface area contributed by atoms with E-state index in [0.717, 1.165) is 10.6 Å². The van der Waals surface area contributed by atoms with Crippen LogP contribution in [0.5, 0.6) is 5.75 Å². The lowest BCUT2D eigenvalue weighted by molar-refractivity contribution is 0.104. The van der Waals surface area contributed by atoms with E-state index in [1.54, 1.807) is 18.2 Å². The predicted molar refractivity (Wildman–Crippen MR) is 214 cm³/mol. The highest BCUT2D eigenvalue weighted by Crippen LogP contribution is 2.46. The fourth-order valence-corrected chi connectivity index (χ4v) is 8.98. The van der Waals surface area contributed by atoms with Gasteiger partial charge in [-0.1, -0.05) is 30.7 Å². The number of hydrogen-bond donors (Lipinski definition) is 8. The summed E-state index contributed by atoms with van der Waals surface area (Å²) in [4.78, 5) is 35.0. The number of nitrogens with two attached hydrogens (primary N) is 1. The van der Waals surface area contributed by atoms with Gasteiger partial charge >= 0.3 is 0 Å². The molecule has 7 rings (SSSR count). The molecule has 0 aliphatic heterocycles. The second-order valence-corrected chi connectivity index (χ2v) is 18.3. The Kier molecular flexibility index (Phi) is 10.1. The van der Waals surface area contributed by atoms with Gasteiger partial charge in [-0.15, -0.1) is 0 Å². The van der Waals surface area contributed by atoms with Crippen LogP contribution in [0.4, 0.5) is 40.6 Å². The van der Waals surface area contributed by atoms with Crippen LogP contribution in [-0.2, 0) is 47.5 Å². The SMILES string of the molecule is C#COc1c2c3c(c(Nc4cc(Nc5nc(N)nc(Nc6cc(S(=O)(=O)O)ccc6S(=O)(=O)O)n5)c(S(=O)(=O)O)cc4S(=O)(=O)O)ccc3n(C)c1=O)C(=O)c1ccccc1-2. The van der Waals surface area contributed by atoms with Gasteiger partial charge in [0.2, 0.25) is 23.6 Å². The quantitative estimate of drug-likeness (QED) is 0.0683. The number of hydrogen-bond acceptors (Lipinski definition) is 18. The van der Waals surface area contributed by atoms with Crippen LogP contribution in [0.15, 0.2) is 91.1 Å². The molecule has 61 heavy (non-hydrogen) atoms. The van der Waals surface area contributed by atoms with Crippen molar-refractivity contribution in [1.29, 1.82) is 0 Å². The first-order valence-electron chi connectivity index (χ1n) is 16.4. The zero-order valence-corrected chi connectivity index (χ0v) is 33.5. The van der Waals surface area contributed by atoms with Crippen molar-refractivity contribution in [3.05, 3.63) is 88.2 Å². The minimum atomic E-state index is -5.41. The normalized spacial score (nSPS) is 12.7. The number of terminal acetylenes is 1. The molecule has 0 unspecified atom stereocenters. The molecular weight excluding hydrogens is 889 g/mol. The molecule has 9 N–H and O–H groups in total. The fraction of sp³-hybridized carbons (Fsp3) is 0.0294. The second-order valence-electron chi connectivity index (χ2n) is 12.7. The van der Waals surface area contributed by atoms with E-state index in [4.69, 9.17) is 16.9 Å².